The lowest BCUT2D eigenvalue weighted by molar-refractivity contribution is -0.138. The Balaban J connectivity index is 1.78. The zero-order valence-corrected chi connectivity index (χ0v) is 19.1. The van der Waals surface area contributed by atoms with Crippen LogP contribution < -0.4 is 0 Å². The van der Waals surface area contributed by atoms with Gasteiger partial charge in [0.15, 0.2) is 12.2 Å². The minimum absolute atomic E-state index is 0.207. The number of carbonyl (C=O) groups excluding carboxylic acids is 2. The normalized spacial score (nSPS) is 20.8. The van der Waals surface area contributed by atoms with Crippen molar-refractivity contribution in [2.45, 2.75) is 45.4 Å². The van der Waals surface area contributed by atoms with Gasteiger partial charge in [-0.05, 0) is 24.5 Å². The average Bonchev–Trinajstić information content (AvgIpc) is 3.39. The molecule has 1 fully saturated rings. The van der Waals surface area contributed by atoms with E-state index < -0.39 is 12.2 Å². The molecule has 9 nitrogen and oxygen atoms in total. The first-order valence-electron chi connectivity index (χ1n) is 11.0. The Morgan fingerprint density at radius 2 is 1.84 bits per heavy atom. The Morgan fingerprint density at radius 3 is 2.50 bits per heavy atom. The van der Waals surface area contributed by atoms with Gasteiger partial charge < -0.3 is 14.5 Å². The molecule has 2 atom stereocenters. The third-order valence-electron chi connectivity index (χ3n) is 6.03. The van der Waals surface area contributed by atoms with Gasteiger partial charge in [0.2, 0.25) is 5.96 Å². The highest BCUT2D eigenvalue weighted by Crippen LogP contribution is 2.30. The van der Waals surface area contributed by atoms with Crippen LogP contribution in [0.25, 0.3) is 0 Å². The quantitative estimate of drug-likeness (QED) is 0.660. The third kappa shape index (κ3) is 3.77. The molecule has 32 heavy (non-hydrogen) atoms. The highest BCUT2D eigenvalue weighted by Gasteiger charge is 2.52. The Kier molecular flexibility index (Phi) is 6.27. The molecule has 170 valence electrons. The minimum Gasteiger partial charge on any atom is -0.383 e. The number of aromatic nitrogens is 2. The van der Waals surface area contributed by atoms with Crippen molar-refractivity contribution in [1.29, 1.82) is 0 Å². The molecule has 1 aromatic carbocycles. The molecule has 0 radical (unpaired) electrons. The molecule has 0 spiro atoms. The molecule has 0 N–H and O–H groups in total. The fraction of sp³-hybridized carbons (Fsp3) is 0.478. The zero-order valence-electron chi connectivity index (χ0n) is 19.1. The van der Waals surface area contributed by atoms with E-state index in [2.05, 4.69) is 19.9 Å². The first kappa shape index (κ1) is 22.0. The Morgan fingerprint density at radius 1 is 1.09 bits per heavy atom. The summed E-state index contributed by atoms with van der Waals surface area (Å²) in [5.41, 5.74) is 3.05. The molecule has 2 aliphatic heterocycles. The smallest absolute Gasteiger partial charge is 0.328 e. The van der Waals surface area contributed by atoms with Crippen molar-refractivity contribution in [3.63, 3.8) is 0 Å². The van der Waals surface area contributed by atoms with Crippen molar-refractivity contribution in [1.82, 2.24) is 24.5 Å². The maximum Gasteiger partial charge on any atom is 0.328 e. The Bertz CT molecular complexity index is 1020. The van der Waals surface area contributed by atoms with E-state index in [1.807, 2.05) is 39.9 Å². The van der Waals surface area contributed by atoms with E-state index in [1.165, 1.54) is 4.90 Å². The second-order valence-electron chi connectivity index (χ2n) is 8.02. The number of fused-ring (bicyclic) bond motifs is 1. The number of aliphatic imine (C=N–C) groups is 1. The summed E-state index contributed by atoms with van der Waals surface area (Å²) in [5.74, 6) is 0.341. The highest BCUT2D eigenvalue weighted by atomic mass is 16.5. The molecule has 0 saturated carbocycles. The lowest BCUT2D eigenvalue weighted by Crippen LogP contribution is -2.65. The Hall–Kier alpha value is -3.20. The predicted octanol–water partition coefficient (Wildman–Crippen LogP) is 1.96. The average molecular weight is 439 g/mol. The summed E-state index contributed by atoms with van der Waals surface area (Å²) < 4.78 is 6.96. The van der Waals surface area contributed by atoms with E-state index in [4.69, 9.17) is 14.8 Å². The van der Waals surface area contributed by atoms with Crippen molar-refractivity contribution in [2.24, 2.45) is 4.99 Å². The van der Waals surface area contributed by atoms with Gasteiger partial charge in [0.05, 0.1) is 18.8 Å². The number of methoxy groups -OCH3 is 1. The number of carbonyl (C=O) groups is 2. The van der Waals surface area contributed by atoms with E-state index in [0.717, 1.165) is 29.8 Å². The molecule has 2 unspecified atom stereocenters. The molecule has 3 amide bonds. The maximum absolute atomic E-state index is 13.5. The van der Waals surface area contributed by atoms with E-state index in [1.54, 1.807) is 19.1 Å². The van der Waals surface area contributed by atoms with Crippen LogP contribution in [-0.4, -0.2) is 81.9 Å². The molecule has 4 rings (SSSR count). The van der Waals surface area contributed by atoms with Crippen LogP contribution in [0.3, 0.4) is 0 Å². The number of amides is 3. The minimum atomic E-state index is -0.622. The molecule has 1 saturated heterocycles. The molecular weight excluding hydrogens is 408 g/mol. The fourth-order valence-electron chi connectivity index (χ4n) is 4.25. The van der Waals surface area contributed by atoms with Crippen molar-refractivity contribution >= 4 is 17.9 Å². The first-order valence-corrected chi connectivity index (χ1v) is 11.0. The van der Waals surface area contributed by atoms with Gasteiger partial charge >= 0.3 is 6.03 Å². The summed E-state index contributed by atoms with van der Waals surface area (Å²) in [6.07, 6.45) is 0.982. The topological polar surface area (TPSA) is 83.3 Å². The zero-order chi connectivity index (χ0) is 22.8. The predicted molar refractivity (Wildman–Crippen MR) is 120 cm³/mol. The van der Waals surface area contributed by atoms with Crippen LogP contribution in [0.4, 0.5) is 4.79 Å². The number of urea groups is 1. The Labute approximate surface area is 188 Å². The van der Waals surface area contributed by atoms with E-state index >= 15 is 0 Å². The molecule has 1 aromatic heterocycles. The van der Waals surface area contributed by atoms with Gasteiger partial charge in [0.25, 0.3) is 5.91 Å². The van der Waals surface area contributed by atoms with Crippen LogP contribution in [0.5, 0.6) is 0 Å². The molecule has 2 aromatic rings. The fourth-order valence-corrected chi connectivity index (χ4v) is 4.25. The number of hydrogen-bond donors (Lipinski definition) is 0. The molecular formula is C23H30N6O3. The second kappa shape index (κ2) is 9.12. The number of likely N-dealkylation sites (N-methyl/N-ethyl adjacent to an activating group) is 1. The molecule has 0 bridgehead atoms. The van der Waals surface area contributed by atoms with Crippen LogP contribution in [0.1, 0.15) is 30.8 Å². The van der Waals surface area contributed by atoms with Crippen molar-refractivity contribution in [3.8, 4) is 0 Å². The lowest BCUT2D eigenvalue weighted by Gasteiger charge is -2.41. The van der Waals surface area contributed by atoms with Crippen LogP contribution >= 0.6 is 0 Å². The van der Waals surface area contributed by atoms with E-state index in [0.29, 0.717) is 12.5 Å². The standard InChI is InChI=1S/C23H30N6O3/c1-5-17-14-18(6-2)29(25-17)22-24-20-19(28(22)15-16-10-8-7-9-11-16)21(30)27(12-13-32-4)23(31)26(20)3/h7-11,14,19-20H,5-6,12-13,15H2,1-4H3. The largest absolute Gasteiger partial charge is 0.383 e. The number of hydrogen-bond acceptors (Lipinski definition) is 6. The van der Waals surface area contributed by atoms with Crippen LogP contribution in [0.2, 0.25) is 0 Å². The monoisotopic (exact) mass is 438 g/mol. The van der Waals surface area contributed by atoms with Gasteiger partial charge in [0.1, 0.15) is 0 Å². The van der Waals surface area contributed by atoms with E-state index in [-0.39, 0.29) is 25.1 Å². The van der Waals surface area contributed by atoms with Crippen molar-refractivity contribution in [2.75, 3.05) is 27.3 Å². The summed E-state index contributed by atoms with van der Waals surface area (Å²) in [6, 6.07) is 11.1. The van der Waals surface area contributed by atoms with Crippen molar-refractivity contribution in [3.05, 3.63) is 53.3 Å². The summed E-state index contributed by atoms with van der Waals surface area (Å²) in [6.45, 7) is 5.11. The molecule has 0 aliphatic carbocycles. The van der Waals surface area contributed by atoms with Crippen LogP contribution in [0, 0.1) is 0 Å². The summed E-state index contributed by atoms with van der Waals surface area (Å²) in [7, 11) is 3.25. The van der Waals surface area contributed by atoms with Gasteiger partial charge in [-0.1, -0.05) is 44.2 Å². The number of rotatable bonds is 7. The molecule has 2 aliphatic rings. The van der Waals surface area contributed by atoms with Crippen molar-refractivity contribution < 1.29 is 14.3 Å². The van der Waals surface area contributed by atoms with E-state index in [9.17, 15) is 9.59 Å². The third-order valence-corrected chi connectivity index (χ3v) is 6.03. The summed E-state index contributed by atoms with van der Waals surface area (Å²) in [4.78, 5) is 36.1. The number of nitrogens with zero attached hydrogens (tertiary/aromatic N) is 6. The van der Waals surface area contributed by atoms with Gasteiger partial charge in [-0.25, -0.2) is 14.5 Å². The number of benzene rings is 1. The summed E-state index contributed by atoms with van der Waals surface area (Å²) in [5, 5.41) is 4.76. The number of aryl methyl sites for hydroxylation is 2. The van der Waals surface area contributed by atoms with Crippen LogP contribution in [-0.2, 0) is 28.9 Å². The van der Waals surface area contributed by atoms with Gasteiger partial charge in [-0.15, -0.1) is 0 Å². The highest BCUT2D eigenvalue weighted by molar-refractivity contribution is 6.04. The van der Waals surface area contributed by atoms with Gasteiger partial charge in [-0.3, -0.25) is 9.69 Å². The van der Waals surface area contributed by atoms with Gasteiger partial charge in [-0.2, -0.15) is 5.10 Å². The number of imide groups is 1. The molecule has 3 heterocycles. The lowest BCUT2D eigenvalue weighted by atomic mass is 10.1. The van der Waals surface area contributed by atoms with Crippen LogP contribution in [0.15, 0.2) is 41.4 Å². The molecule has 9 heteroatoms. The summed E-state index contributed by atoms with van der Waals surface area (Å²) >= 11 is 0. The SMILES string of the molecule is CCc1cc(CC)n(C2=NC3C(C(=O)N(CCOC)C(=O)N3C)N2Cc2ccccc2)n1. The second-order valence-corrected chi connectivity index (χ2v) is 8.02. The first-order chi connectivity index (χ1) is 15.5. The van der Waals surface area contributed by atoms with Gasteiger partial charge in [0, 0.05) is 26.4 Å². The maximum atomic E-state index is 13.5. The number of ether oxygens (including phenoxy) is 1.